The van der Waals surface area contributed by atoms with Crippen molar-refractivity contribution in [2.45, 2.75) is 39.7 Å². The molecule has 0 bridgehead atoms. The average molecular weight is 284 g/mol. The smallest absolute Gasteiger partial charge is 0.119 e. The fourth-order valence-electron chi connectivity index (χ4n) is 2.33. The molecule has 2 aromatic rings. The maximum absolute atomic E-state index is 10.6. The van der Waals surface area contributed by atoms with Crippen LogP contribution in [0.5, 0.6) is 5.75 Å². The van der Waals surface area contributed by atoms with Gasteiger partial charge in [-0.05, 0) is 54.7 Å². The van der Waals surface area contributed by atoms with Gasteiger partial charge < -0.3 is 9.84 Å². The molecule has 0 saturated heterocycles. The van der Waals surface area contributed by atoms with Crippen LogP contribution in [0.2, 0.25) is 0 Å². The maximum Gasteiger partial charge on any atom is 0.119 e. The van der Waals surface area contributed by atoms with Crippen LogP contribution in [0.25, 0.3) is 0 Å². The van der Waals surface area contributed by atoms with E-state index in [1.54, 1.807) is 0 Å². The van der Waals surface area contributed by atoms with Gasteiger partial charge >= 0.3 is 0 Å². The van der Waals surface area contributed by atoms with Crippen molar-refractivity contribution in [2.24, 2.45) is 0 Å². The largest absolute Gasteiger partial charge is 0.494 e. The van der Waals surface area contributed by atoms with E-state index in [1.807, 2.05) is 36.4 Å². The topological polar surface area (TPSA) is 29.5 Å². The van der Waals surface area contributed by atoms with Crippen LogP contribution in [0.3, 0.4) is 0 Å². The van der Waals surface area contributed by atoms with Crippen LogP contribution < -0.4 is 4.74 Å². The maximum atomic E-state index is 10.6. The lowest BCUT2D eigenvalue weighted by atomic mass is 9.95. The number of unbranched alkanes of at least 4 members (excludes halogenated alkanes) is 1. The Bertz CT molecular complexity index is 573. The van der Waals surface area contributed by atoms with Gasteiger partial charge in [0.2, 0.25) is 0 Å². The molecule has 0 aromatic heterocycles. The van der Waals surface area contributed by atoms with Crippen LogP contribution in [-0.2, 0) is 0 Å². The molecule has 0 aliphatic carbocycles. The Morgan fingerprint density at radius 1 is 1.05 bits per heavy atom. The van der Waals surface area contributed by atoms with Crippen molar-refractivity contribution in [3.8, 4) is 5.75 Å². The summed E-state index contributed by atoms with van der Waals surface area (Å²) in [6, 6.07) is 13.8. The van der Waals surface area contributed by atoms with E-state index in [9.17, 15) is 5.11 Å². The van der Waals surface area contributed by atoms with Crippen molar-refractivity contribution in [3.05, 3.63) is 64.7 Å². The van der Waals surface area contributed by atoms with Crippen molar-refractivity contribution in [2.75, 3.05) is 6.61 Å². The number of aliphatic hydroxyl groups excluding tert-OH is 1. The SMILES string of the molecule is CCCCOc1ccc(C(O)c2cccc(C)c2C)cc1. The van der Waals surface area contributed by atoms with Crippen LogP contribution in [0.1, 0.15) is 48.1 Å². The first kappa shape index (κ1) is 15.6. The third-order valence-corrected chi connectivity index (χ3v) is 3.90. The first-order valence-corrected chi connectivity index (χ1v) is 7.60. The second kappa shape index (κ2) is 7.28. The van der Waals surface area contributed by atoms with Gasteiger partial charge in [0.1, 0.15) is 11.9 Å². The van der Waals surface area contributed by atoms with Gasteiger partial charge in [0, 0.05) is 0 Å². The van der Waals surface area contributed by atoms with Crippen molar-refractivity contribution < 1.29 is 9.84 Å². The third-order valence-electron chi connectivity index (χ3n) is 3.90. The van der Waals surface area contributed by atoms with Gasteiger partial charge in [-0.3, -0.25) is 0 Å². The summed E-state index contributed by atoms with van der Waals surface area (Å²) in [5, 5.41) is 10.6. The van der Waals surface area contributed by atoms with Gasteiger partial charge in [0.15, 0.2) is 0 Å². The molecule has 0 radical (unpaired) electrons. The standard InChI is InChI=1S/C19H24O2/c1-4-5-13-21-17-11-9-16(10-12-17)19(20)18-8-6-7-14(2)15(18)3/h6-12,19-20H,4-5,13H2,1-3H3. The minimum Gasteiger partial charge on any atom is -0.494 e. The van der Waals surface area contributed by atoms with Crippen molar-refractivity contribution in [1.29, 1.82) is 0 Å². The minimum atomic E-state index is -0.588. The van der Waals surface area contributed by atoms with Crippen molar-refractivity contribution in [1.82, 2.24) is 0 Å². The molecular formula is C19H24O2. The number of rotatable bonds is 6. The van der Waals surface area contributed by atoms with E-state index < -0.39 is 6.10 Å². The summed E-state index contributed by atoms with van der Waals surface area (Å²) in [5.74, 6) is 0.861. The fraction of sp³-hybridized carbons (Fsp3) is 0.368. The molecule has 0 saturated carbocycles. The number of ether oxygens (including phenoxy) is 1. The predicted octanol–water partition coefficient (Wildman–Crippen LogP) is 4.56. The Morgan fingerprint density at radius 2 is 1.76 bits per heavy atom. The van der Waals surface area contributed by atoms with E-state index in [2.05, 4.69) is 26.8 Å². The fourth-order valence-corrected chi connectivity index (χ4v) is 2.33. The molecule has 0 aliphatic rings. The van der Waals surface area contributed by atoms with Crippen LogP contribution in [0.4, 0.5) is 0 Å². The van der Waals surface area contributed by atoms with Crippen LogP contribution in [0, 0.1) is 13.8 Å². The molecule has 21 heavy (non-hydrogen) atoms. The highest BCUT2D eigenvalue weighted by Crippen LogP contribution is 2.27. The Balaban J connectivity index is 2.12. The summed E-state index contributed by atoms with van der Waals surface area (Å²) in [4.78, 5) is 0. The number of aliphatic hydroxyl groups is 1. The monoisotopic (exact) mass is 284 g/mol. The second-order valence-corrected chi connectivity index (χ2v) is 5.46. The van der Waals surface area contributed by atoms with E-state index in [0.717, 1.165) is 41.9 Å². The van der Waals surface area contributed by atoms with E-state index in [0.29, 0.717) is 0 Å². The average Bonchev–Trinajstić information content (AvgIpc) is 2.50. The van der Waals surface area contributed by atoms with Gasteiger partial charge in [-0.25, -0.2) is 0 Å². The zero-order valence-corrected chi connectivity index (χ0v) is 13.1. The number of aryl methyl sites for hydroxylation is 1. The zero-order valence-electron chi connectivity index (χ0n) is 13.1. The Labute approximate surface area is 127 Å². The molecule has 2 heteroatoms. The molecule has 0 heterocycles. The van der Waals surface area contributed by atoms with Gasteiger partial charge in [0.25, 0.3) is 0 Å². The lowest BCUT2D eigenvalue weighted by Crippen LogP contribution is -2.03. The van der Waals surface area contributed by atoms with Crippen LogP contribution in [0.15, 0.2) is 42.5 Å². The molecule has 1 atom stereocenters. The molecule has 0 amide bonds. The number of hydrogen-bond acceptors (Lipinski definition) is 2. The first-order chi connectivity index (χ1) is 10.1. The van der Waals surface area contributed by atoms with E-state index >= 15 is 0 Å². The van der Waals surface area contributed by atoms with Crippen LogP contribution in [-0.4, -0.2) is 11.7 Å². The lowest BCUT2D eigenvalue weighted by Gasteiger charge is -2.16. The van der Waals surface area contributed by atoms with Gasteiger partial charge in [-0.1, -0.05) is 43.7 Å². The first-order valence-electron chi connectivity index (χ1n) is 7.60. The lowest BCUT2D eigenvalue weighted by molar-refractivity contribution is 0.219. The highest BCUT2D eigenvalue weighted by molar-refractivity contribution is 5.40. The molecule has 2 rings (SSSR count). The van der Waals surface area contributed by atoms with E-state index in [-0.39, 0.29) is 0 Å². The Morgan fingerprint density at radius 3 is 2.43 bits per heavy atom. The summed E-state index contributed by atoms with van der Waals surface area (Å²) in [5.41, 5.74) is 4.21. The predicted molar refractivity (Wildman–Crippen MR) is 86.8 cm³/mol. The molecule has 112 valence electrons. The summed E-state index contributed by atoms with van der Waals surface area (Å²) in [6.07, 6.45) is 1.60. The normalized spacial score (nSPS) is 12.2. The highest BCUT2D eigenvalue weighted by atomic mass is 16.5. The van der Waals surface area contributed by atoms with Crippen molar-refractivity contribution >= 4 is 0 Å². The highest BCUT2D eigenvalue weighted by Gasteiger charge is 2.13. The van der Waals surface area contributed by atoms with E-state index in [4.69, 9.17) is 4.74 Å². The Hall–Kier alpha value is -1.80. The molecule has 0 spiro atoms. The number of benzene rings is 2. The molecule has 0 fully saturated rings. The number of hydrogen-bond donors (Lipinski definition) is 1. The minimum absolute atomic E-state index is 0.588. The van der Waals surface area contributed by atoms with Crippen LogP contribution >= 0.6 is 0 Å². The summed E-state index contributed by atoms with van der Waals surface area (Å²) in [7, 11) is 0. The molecule has 1 N–H and O–H groups in total. The zero-order chi connectivity index (χ0) is 15.2. The Kier molecular flexibility index (Phi) is 5.40. The summed E-state index contributed by atoms with van der Waals surface area (Å²) >= 11 is 0. The van der Waals surface area contributed by atoms with Gasteiger partial charge in [-0.2, -0.15) is 0 Å². The molecule has 1 unspecified atom stereocenters. The molecular weight excluding hydrogens is 260 g/mol. The van der Waals surface area contributed by atoms with E-state index in [1.165, 1.54) is 5.56 Å². The van der Waals surface area contributed by atoms with Gasteiger partial charge in [0.05, 0.1) is 6.61 Å². The third kappa shape index (κ3) is 3.85. The molecule has 2 aromatic carbocycles. The van der Waals surface area contributed by atoms with Gasteiger partial charge in [-0.15, -0.1) is 0 Å². The molecule has 2 nitrogen and oxygen atoms in total. The summed E-state index contributed by atoms with van der Waals surface area (Å²) < 4.78 is 5.65. The molecule has 0 aliphatic heterocycles. The quantitative estimate of drug-likeness (QED) is 0.788. The second-order valence-electron chi connectivity index (χ2n) is 5.46. The van der Waals surface area contributed by atoms with Crippen molar-refractivity contribution in [3.63, 3.8) is 0 Å². The summed E-state index contributed by atoms with van der Waals surface area (Å²) in [6.45, 7) is 7.01.